The Balaban J connectivity index is 1.71. The highest BCUT2D eigenvalue weighted by Crippen LogP contribution is 2.26. The highest BCUT2D eigenvalue weighted by Gasteiger charge is 2.16. The average Bonchev–Trinajstić information content (AvgIpc) is 3.19. The maximum absolute atomic E-state index is 12.7. The van der Waals surface area contributed by atoms with Gasteiger partial charge in [-0.2, -0.15) is 0 Å². The molecule has 144 valence electrons. The van der Waals surface area contributed by atoms with Crippen LogP contribution in [0.1, 0.15) is 11.4 Å². The molecule has 0 bridgehead atoms. The standard InChI is InChI=1S/C22H19N5O2/c1-14-20(15-8-4-3-5-9-15)21-23-16(12-19(28)27(21)24-14)13-26-18-11-7-6-10-17(18)25(2)22(26)29/h3-12,24H,13H2,1-2H3. The molecule has 0 fully saturated rings. The van der Waals surface area contributed by atoms with Crippen molar-refractivity contribution in [3.05, 3.63) is 92.9 Å². The van der Waals surface area contributed by atoms with E-state index in [2.05, 4.69) is 5.10 Å². The topological polar surface area (TPSA) is 77.1 Å². The number of imidazole rings is 1. The van der Waals surface area contributed by atoms with Crippen LogP contribution < -0.4 is 11.2 Å². The van der Waals surface area contributed by atoms with Crippen LogP contribution in [0, 0.1) is 6.92 Å². The van der Waals surface area contributed by atoms with E-state index in [-0.39, 0.29) is 17.8 Å². The van der Waals surface area contributed by atoms with Crippen molar-refractivity contribution in [3.8, 4) is 11.1 Å². The van der Waals surface area contributed by atoms with Crippen LogP contribution in [0.4, 0.5) is 0 Å². The van der Waals surface area contributed by atoms with Crippen molar-refractivity contribution in [2.75, 3.05) is 0 Å². The van der Waals surface area contributed by atoms with E-state index in [9.17, 15) is 9.59 Å². The Hall–Kier alpha value is -3.87. The Labute approximate surface area is 165 Å². The van der Waals surface area contributed by atoms with E-state index in [0.29, 0.717) is 11.3 Å². The van der Waals surface area contributed by atoms with E-state index < -0.39 is 0 Å². The molecule has 0 saturated carbocycles. The van der Waals surface area contributed by atoms with Gasteiger partial charge in [-0.1, -0.05) is 42.5 Å². The highest BCUT2D eigenvalue weighted by atomic mass is 16.1. The minimum absolute atomic E-state index is 0.137. The van der Waals surface area contributed by atoms with Crippen LogP contribution in [0.2, 0.25) is 0 Å². The normalized spacial score (nSPS) is 11.5. The first-order valence-corrected chi connectivity index (χ1v) is 9.35. The van der Waals surface area contributed by atoms with Gasteiger partial charge >= 0.3 is 5.69 Å². The predicted octanol–water partition coefficient (Wildman–Crippen LogP) is 2.70. The lowest BCUT2D eigenvalue weighted by Crippen LogP contribution is -2.24. The molecule has 3 heterocycles. The van der Waals surface area contributed by atoms with Gasteiger partial charge in [-0.15, -0.1) is 0 Å². The van der Waals surface area contributed by atoms with Gasteiger partial charge < -0.3 is 0 Å². The van der Waals surface area contributed by atoms with Crippen molar-refractivity contribution in [1.29, 1.82) is 0 Å². The molecular formula is C22H19N5O2. The largest absolute Gasteiger partial charge is 0.329 e. The summed E-state index contributed by atoms with van der Waals surface area (Å²) in [5.41, 5.74) is 5.15. The summed E-state index contributed by atoms with van der Waals surface area (Å²) < 4.78 is 4.71. The molecule has 0 amide bonds. The fourth-order valence-electron chi connectivity index (χ4n) is 3.91. The van der Waals surface area contributed by atoms with Crippen LogP contribution in [0.3, 0.4) is 0 Å². The minimum Gasteiger partial charge on any atom is -0.295 e. The molecular weight excluding hydrogens is 366 g/mol. The third-order valence-electron chi connectivity index (χ3n) is 5.28. The molecule has 0 aliphatic rings. The molecule has 29 heavy (non-hydrogen) atoms. The molecule has 7 heteroatoms. The Kier molecular flexibility index (Phi) is 3.77. The third-order valence-corrected chi connectivity index (χ3v) is 5.28. The maximum Gasteiger partial charge on any atom is 0.329 e. The summed E-state index contributed by atoms with van der Waals surface area (Å²) in [4.78, 5) is 30.2. The molecule has 0 atom stereocenters. The summed E-state index contributed by atoms with van der Waals surface area (Å²) >= 11 is 0. The molecule has 5 aromatic rings. The number of hydrogen-bond donors (Lipinski definition) is 1. The van der Waals surface area contributed by atoms with Gasteiger partial charge in [0.25, 0.3) is 5.56 Å². The zero-order chi connectivity index (χ0) is 20.1. The number of H-pyrrole nitrogens is 1. The van der Waals surface area contributed by atoms with Crippen molar-refractivity contribution >= 4 is 16.7 Å². The summed E-state index contributed by atoms with van der Waals surface area (Å²) in [5.74, 6) is 0. The number of aromatic nitrogens is 5. The van der Waals surface area contributed by atoms with E-state index in [1.807, 2.05) is 61.5 Å². The first-order chi connectivity index (χ1) is 14.0. The zero-order valence-corrected chi connectivity index (χ0v) is 16.1. The molecule has 2 aromatic carbocycles. The Morgan fingerprint density at radius 1 is 0.966 bits per heavy atom. The Morgan fingerprint density at radius 3 is 2.41 bits per heavy atom. The second-order valence-corrected chi connectivity index (χ2v) is 7.14. The molecule has 0 saturated heterocycles. The van der Waals surface area contributed by atoms with Crippen LogP contribution in [0.15, 0.2) is 70.3 Å². The number of benzene rings is 2. The molecule has 0 unspecified atom stereocenters. The molecule has 0 aliphatic heterocycles. The number of nitrogens with one attached hydrogen (secondary N) is 1. The van der Waals surface area contributed by atoms with Gasteiger partial charge in [0, 0.05) is 24.4 Å². The highest BCUT2D eigenvalue weighted by molar-refractivity contribution is 5.80. The monoisotopic (exact) mass is 385 g/mol. The Bertz CT molecular complexity index is 1490. The molecule has 0 aliphatic carbocycles. The lowest BCUT2D eigenvalue weighted by molar-refractivity contribution is 0.717. The van der Waals surface area contributed by atoms with Gasteiger partial charge in [0.05, 0.1) is 23.3 Å². The van der Waals surface area contributed by atoms with Crippen LogP contribution >= 0.6 is 0 Å². The number of aryl methyl sites for hydroxylation is 2. The lowest BCUT2D eigenvalue weighted by atomic mass is 10.1. The third kappa shape index (κ3) is 2.62. The number of para-hydroxylation sites is 2. The van der Waals surface area contributed by atoms with Gasteiger partial charge in [-0.3, -0.25) is 19.0 Å². The van der Waals surface area contributed by atoms with Gasteiger partial charge in [0.1, 0.15) is 0 Å². The second kappa shape index (κ2) is 6.34. The van der Waals surface area contributed by atoms with E-state index in [4.69, 9.17) is 4.98 Å². The maximum atomic E-state index is 12.7. The fraction of sp³-hybridized carbons (Fsp3) is 0.136. The first kappa shape index (κ1) is 17.2. The van der Waals surface area contributed by atoms with Crippen LogP contribution in [0.5, 0.6) is 0 Å². The van der Waals surface area contributed by atoms with E-state index >= 15 is 0 Å². The van der Waals surface area contributed by atoms with Crippen molar-refractivity contribution in [2.45, 2.75) is 13.5 Å². The van der Waals surface area contributed by atoms with E-state index in [0.717, 1.165) is 27.9 Å². The SMILES string of the molecule is Cc1[nH]n2c(=O)cc(Cn3c(=O)n(C)c4ccccc43)nc2c1-c1ccccc1. The molecule has 3 aromatic heterocycles. The average molecular weight is 385 g/mol. The molecule has 7 nitrogen and oxygen atoms in total. The van der Waals surface area contributed by atoms with Crippen molar-refractivity contribution in [3.63, 3.8) is 0 Å². The van der Waals surface area contributed by atoms with Gasteiger partial charge in [-0.05, 0) is 24.6 Å². The number of hydrogen-bond acceptors (Lipinski definition) is 3. The zero-order valence-electron chi connectivity index (χ0n) is 16.1. The predicted molar refractivity (Wildman–Crippen MR) is 112 cm³/mol. The van der Waals surface area contributed by atoms with Crippen LogP contribution in [0.25, 0.3) is 27.8 Å². The summed E-state index contributed by atoms with van der Waals surface area (Å²) in [7, 11) is 1.75. The van der Waals surface area contributed by atoms with Gasteiger partial charge in [0.2, 0.25) is 0 Å². The lowest BCUT2D eigenvalue weighted by Gasteiger charge is -2.05. The fourth-order valence-corrected chi connectivity index (χ4v) is 3.91. The van der Waals surface area contributed by atoms with Gasteiger partial charge in [-0.25, -0.2) is 14.3 Å². The summed E-state index contributed by atoms with van der Waals surface area (Å²) in [6.07, 6.45) is 0. The number of aromatic amines is 1. The first-order valence-electron chi connectivity index (χ1n) is 9.35. The van der Waals surface area contributed by atoms with Crippen LogP contribution in [-0.2, 0) is 13.6 Å². The number of nitrogens with zero attached hydrogens (tertiary/aromatic N) is 4. The Morgan fingerprint density at radius 2 is 1.66 bits per heavy atom. The smallest absolute Gasteiger partial charge is 0.295 e. The summed E-state index contributed by atoms with van der Waals surface area (Å²) in [5, 5.41) is 3.10. The molecule has 0 radical (unpaired) electrons. The second-order valence-electron chi connectivity index (χ2n) is 7.14. The molecule has 5 rings (SSSR count). The van der Waals surface area contributed by atoms with Crippen molar-refractivity contribution in [2.24, 2.45) is 7.05 Å². The number of fused-ring (bicyclic) bond motifs is 2. The van der Waals surface area contributed by atoms with Crippen LogP contribution in [-0.4, -0.2) is 23.7 Å². The van der Waals surface area contributed by atoms with Crippen molar-refractivity contribution in [1.82, 2.24) is 23.7 Å². The van der Waals surface area contributed by atoms with E-state index in [1.165, 1.54) is 10.6 Å². The quantitative estimate of drug-likeness (QED) is 0.519. The minimum atomic E-state index is -0.205. The molecule has 1 N–H and O–H groups in total. The van der Waals surface area contributed by atoms with E-state index in [1.54, 1.807) is 16.2 Å². The molecule has 0 spiro atoms. The van der Waals surface area contributed by atoms with Crippen molar-refractivity contribution < 1.29 is 0 Å². The van der Waals surface area contributed by atoms with Gasteiger partial charge in [0.15, 0.2) is 5.65 Å². The number of rotatable bonds is 3. The summed E-state index contributed by atoms with van der Waals surface area (Å²) in [6.45, 7) is 2.15. The summed E-state index contributed by atoms with van der Waals surface area (Å²) in [6, 6.07) is 18.9.